The molecule has 5 nitrogen and oxygen atoms in total. The summed E-state index contributed by atoms with van der Waals surface area (Å²) < 4.78 is 0. The van der Waals surface area contributed by atoms with Crippen LogP contribution in [0, 0.1) is 11.3 Å². The summed E-state index contributed by atoms with van der Waals surface area (Å²) in [5.41, 5.74) is 1.06. The summed E-state index contributed by atoms with van der Waals surface area (Å²) in [6.07, 6.45) is 3.74. The highest BCUT2D eigenvalue weighted by Gasteiger charge is 2.29. The van der Waals surface area contributed by atoms with Gasteiger partial charge in [-0.3, -0.25) is 14.7 Å². The number of aromatic nitrogens is 1. The van der Waals surface area contributed by atoms with Crippen LogP contribution >= 0.6 is 0 Å². The van der Waals surface area contributed by atoms with Gasteiger partial charge < -0.3 is 5.32 Å². The predicted octanol–water partition coefficient (Wildman–Crippen LogP) is 0.296. The molecule has 0 spiro atoms. The molecule has 2 heterocycles. The van der Waals surface area contributed by atoms with Crippen molar-refractivity contribution in [2.75, 3.05) is 13.1 Å². The normalized spacial score (nSPS) is 20.6. The Morgan fingerprint density at radius 2 is 2.53 bits per heavy atom. The topological polar surface area (TPSA) is 69.0 Å². The first-order chi connectivity index (χ1) is 8.31. The van der Waals surface area contributed by atoms with Crippen molar-refractivity contribution >= 4 is 5.91 Å². The van der Waals surface area contributed by atoms with Crippen molar-refractivity contribution in [1.82, 2.24) is 15.2 Å². The molecule has 1 aromatic heterocycles. The third kappa shape index (κ3) is 2.80. The summed E-state index contributed by atoms with van der Waals surface area (Å²) in [6, 6.07) is 5.58. The standard InChI is InChI=1S/C12H14N4O/c13-4-3-11-12(17)15-6-7-16(11)9-10-2-1-5-14-8-10/h1-2,5,8,11H,3,6-7,9H2,(H,15,17). The van der Waals surface area contributed by atoms with E-state index in [1.165, 1.54) is 0 Å². The molecule has 0 aliphatic carbocycles. The fourth-order valence-electron chi connectivity index (χ4n) is 1.99. The lowest BCUT2D eigenvalue weighted by molar-refractivity contribution is -0.129. The zero-order valence-corrected chi connectivity index (χ0v) is 9.47. The third-order valence-electron chi connectivity index (χ3n) is 2.83. The van der Waals surface area contributed by atoms with Gasteiger partial charge in [0.05, 0.1) is 12.5 Å². The number of piperazine rings is 1. The summed E-state index contributed by atoms with van der Waals surface area (Å²) in [5, 5.41) is 11.5. The van der Waals surface area contributed by atoms with Crippen LogP contribution in [0.1, 0.15) is 12.0 Å². The zero-order chi connectivity index (χ0) is 12.1. The van der Waals surface area contributed by atoms with Crippen molar-refractivity contribution in [3.63, 3.8) is 0 Å². The Labute approximate surface area is 100 Å². The summed E-state index contributed by atoms with van der Waals surface area (Å²) in [4.78, 5) is 17.7. The molecule has 1 N–H and O–H groups in total. The van der Waals surface area contributed by atoms with E-state index in [1.54, 1.807) is 12.4 Å². The number of amides is 1. The molecule has 5 heteroatoms. The molecule has 1 aliphatic heterocycles. The van der Waals surface area contributed by atoms with Gasteiger partial charge in [-0.25, -0.2) is 0 Å². The van der Waals surface area contributed by atoms with Gasteiger partial charge in [-0.1, -0.05) is 6.07 Å². The lowest BCUT2D eigenvalue weighted by atomic mass is 10.1. The smallest absolute Gasteiger partial charge is 0.238 e. The third-order valence-corrected chi connectivity index (χ3v) is 2.83. The van der Waals surface area contributed by atoms with Crippen molar-refractivity contribution in [2.24, 2.45) is 0 Å². The molecule has 1 aliphatic rings. The molecular weight excluding hydrogens is 216 g/mol. The van der Waals surface area contributed by atoms with E-state index >= 15 is 0 Å². The number of hydrogen-bond donors (Lipinski definition) is 1. The van der Waals surface area contributed by atoms with E-state index in [0.717, 1.165) is 12.1 Å². The molecule has 1 amide bonds. The Morgan fingerprint density at radius 1 is 1.65 bits per heavy atom. The van der Waals surface area contributed by atoms with E-state index in [2.05, 4.69) is 16.4 Å². The highest BCUT2D eigenvalue weighted by Crippen LogP contribution is 2.12. The van der Waals surface area contributed by atoms with E-state index in [-0.39, 0.29) is 18.4 Å². The molecule has 88 valence electrons. The Bertz CT molecular complexity index is 426. The van der Waals surface area contributed by atoms with Crippen LogP contribution in [-0.2, 0) is 11.3 Å². The monoisotopic (exact) mass is 230 g/mol. The van der Waals surface area contributed by atoms with Gasteiger partial charge in [0.15, 0.2) is 0 Å². The molecule has 1 atom stereocenters. The van der Waals surface area contributed by atoms with Gasteiger partial charge in [0, 0.05) is 32.0 Å². The molecule has 17 heavy (non-hydrogen) atoms. The maximum atomic E-state index is 11.7. The predicted molar refractivity (Wildman–Crippen MR) is 61.7 cm³/mol. The van der Waals surface area contributed by atoms with E-state index in [0.29, 0.717) is 13.1 Å². The molecule has 0 aromatic carbocycles. The fraction of sp³-hybridized carbons (Fsp3) is 0.417. The number of hydrogen-bond acceptors (Lipinski definition) is 4. The zero-order valence-electron chi connectivity index (χ0n) is 9.47. The maximum Gasteiger partial charge on any atom is 0.238 e. The Kier molecular flexibility index (Phi) is 3.68. The van der Waals surface area contributed by atoms with Gasteiger partial charge in [0.25, 0.3) is 0 Å². The summed E-state index contributed by atoms with van der Waals surface area (Å²) in [6.45, 7) is 2.07. The fourth-order valence-corrected chi connectivity index (χ4v) is 1.99. The Morgan fingerprint density at radius 3 is 3.24 bits per heavy atom. The van der Waals surface area contributed by atoms with Crippen molar-refractivity contribution in [3.8, 4) is 6.07 Å². The van der Waals surface area contributed by atoms with Gasteiger partial charge >= 0.3 is 0 Å². The highest BCUT2D eigenvalue weighted by molar-refractivity contribution is 5.82. The molecular formula is C12H14N4O. The average Bonchev–Trinajstić information content (AvgIpc) is 2.35. The second-order valence-electron chi connectivity index (χ2n) is 4.00. The molecule has 0 radical (unpaired) electrons. The summed E-state index contributed by atoms with van der Waals surface area (Å²) in [7, 11) is 0. The van der Waals surface area contributed by atoms with Gasteiger partial charge in [0.1, 0.15) is 6.04 Å². The number of pyridine rings is 1. The van der Waals surface area contributed by atoms with Crippen LogP contribution in [0.25, 0.3) is 0 Å². The lowest BCUT2D eigenvalue weighted by Crippen LogP contribution is -2.54. The van der Waals surface area contributed by atoms with E-state index < -0.39 is 0 Å². The number of nitriles is 1. The molecule has 1 fully saturated rings. The van der Waals surface area contributed by atoms with Crippen molar-refractivity contribution in [3.05, 3.63) is 30.1 Å². The Balaban J connectivity index is 2.08. The number of nitrogens with zero attached hydrogens (tertiary/aromatic N) is 3. The average molecular weight is 230 g/mol. The minimum Gasteiger partial charge on any atom is -0.353 e. The second kappa shape index (κ2) is 5.41. The van der Waals surface area contributed by atoms with Crippen LogP contribution in [0.15, 0.2) is 24.5 Å². The SMILES string of the molecule is N#CCC1C(=O)NCCN1Cc1cccnc1. The summed E-state index contributed by atoms with van der Waals surface area (Å²) in [5.74, 6) is -0.0540. The van der Waals surface area contributed by atoms with Crippen LogP contribution in [0.3, 0.4) is 0 Å². The van der Waals surface area contributed by atoms with E-state index in [9.17, 15) is 4.79 Å². The van der Waals surface area contributed by atoms with Crippen LogP contribution < -0.4 is 5.32 Å². The lowest BCUT2D eigenvalue weighted by Gasteiger charge is -2.33. The van der Waals surface area contributed by atoms with Crippen molar-refractivity contribution in [2.45, 2.75) is 19.0 Å². The van der Waals surface area contributed by atoms with Crippen LogP contribution in [0.5, 0.6) is 0 Å². The number of nitrogens with one attached hydrogen (secondary N) is 1. The van der Waals surface area contributed by atoms with Gasteiger partial charge in [-0.2, -0.15) is 5.26 Å². The quantitative estimate of drug-likeness (QED) is 0.810. The van der Waals surface area contributed by atoms with Gasteiger partial charge in [-0.15, -0.1) is 0 Å². The molecule has 1 aromatic rings. The van der Waals surface area contributed by atoms with Crippen molar-refractivity contribution in [1.29, 1.82) is 5.26 Å². The number of carbonyl (C=O) groups is 1. The van der Waals surface area contributed by atoms with E-state index in [4.69, 9.17) is 5.26 Å². The van der Waals surface area contributed by atoms with Gasteiger partial charge in [0.2, 0.25) is 5.91 Å². The minimum absolute atomic E-state index is 0.0540. The first-order valence-corrected chi connectivity index (χ1v) is 5.59. The molecule has 1 unspecified atom stereocenters. The number of rotatable bonds is 3. The minimum atomic E-state index is -0.339. The molecule has 1 saturated heterocycles. The molecule has 2 rings (SSSR count). The van der Waals surface area contributed by atoms with E-state index in [1.807, 2.05) is 17.0 Å². The maximum absolute atomic E-state index is 11.7. The molecule has 0 bridgehead atoms. The Hall–Kier alpha value is -1.93. The first kappa shape index (κ1) is 11.6. The van der Waals surface area contributed by atoms with Crippen LogP contribution in [0.2, 0.25) is 0 Å². The molecule has 0 saturated carbocycles. The number of carbonyl (C=O) groups excluding carboxylic acids is 1. The largest absolute Gasteiger partial charge is 0.353 e. The first-order valence-electron chi connectivity index (χ1n) is 5.59. The van der Waals surface area contributed by atoms with Gasteiger partial charge in [-0.05, 0) is 11.6 Å². The highest BCUT2D eigenvalue weighted by atomic mass is 16.2. The van der Waals surface area contributed by atoms with Crippen LogP contribution in [0.4, 0.5) is 0 Å². The summed E-state index contributed by atoms with van der Waals surface area (Å²) >= 11 is 0. The van der Waals surface area contributed by atoms with Crippen molar-refractivity contribution < 1.29 is 4.79 Å². The second-order valence-corrected chi connectivity index (χ2v) is 4.00. The van der Waals surface area contributed by atoms with Crippen LogP contribution in [-0.4, -0.2) is 34.9 Å².